The van der Waals surface area contributed by atoms with Gasteiger partial charge in [0, 0.05) is 6.07 Å². The van der Waals surface area contributed by atoms with Crippen molar-refractivity contribution >= 4 is 11.6 Å². The van der Waals surface area contributed by atoms with Gasteiger partial charge in [-0.3, -0.25) is 4.79 Å². The number of pyridine rings is 1. The maximum absolute atomic E-state index is 11.5. The van der Waals surface area contributed by atoms with E-state index in [2.05, 4.69) is 10.3 Å². The molecular weight excluding hydrogens is 220 g/mol. The number of aromatic nitrogens is 1. The Morgan fingerprint density at radius 2 is 2.12 bits per heavy atom. The van der Waals surface area contributed by atoms with Crippen molar-refractivity contribution in [1.29, 1.82) is 0 Å². The number of carbonyl (C=O) groups is 1. The van der Waals surface area contributed by atoms with E-state index in [0.717, 1.165) is 0 Å². The summed E-state index contributed by atoms with van der Waals surface area (Å²) in [7, 11) is 1.54. The van der Waals surface area contributed by atoms with Gasteiger partial charge in [0.1, 0.15) is 6.61 Å². The van der Waals surface area contributed by atoms with Crippen molar-refractivity contribution in [3.63, 3.8) is 0 Å². The van der Waals surface area contributed by atoms with E-state index in [1.54, 1.807) is 12.1 Å². The molecule has 17 heavy (non-hydrogen) atoms. The molecule has 0 aromatic carbocycles. The van der Waals surface area contributed by atoms with Gasteiger partial charge < -0.3 is 14.8 Å². The molecule has 1 aromatic rings. The first kappa shape index (κ1) is 13.4. The van der Waals surface area contributed by atoms with E-state index in [4.69, 9.17) is 9.47 Å². The average Bonchev–Trinajstić information content (AvgIpc) is 2.27. The Kier molecular flexibility index (Phi) is 4.45. The highest BCUT2D eigenvalue weighted by Gasteiger charge is 2.12. The number of nitrogens with one attached hydrogen (secondary N) is 1. The largest absolute Gasteiger partial charge is 0.481 e. The van der Waals surface area contributed by atoms with Crippen LogP contribution in [0.2, 0.25) is 0 Å². The third-order valence-electron chi connectivity index (χ3n) is 1.87. The number of hydrogen-bond donors (Lipinski definition) is 1. The van der Waals surface area contributed by atoms with Crippen LogP contribution in [0.25, 0.3) is 0 Å². The van der Waals surface area contributed by atoms with Crippen LogP contribution in [-0.2, 0) is 9.53 Å². The predicted octanol–water partition coefficient (Wildman–Crippen LogP) is 1.84. The van der Waals surface area contributed by atoms with E-state index in [-0.39, 0.29) is 18.1 Å². The summed E-state index contributed by atoms with van der Waals surface area (Å²) in [6.45, 7) is 5.72. The molecule has 5 nitrogen and oxygen atoms in total. The molecule has 1 heterocycles. The molecule has 0 aliphatic rings. The third-order valence-corrected chi connectivity index (χ3v) is 1.87. The summed E-state index contributed by atoms with van der Waals surface area (Å²) in [5.74, 6) is 0.306. The first-order valence-corrected chi connectivity index (χ1v) is 5.34. The lowest BCUT2D eigenvalue weighted by atomic mass is 10.2. The number of anilines is 1. The van der Waals surface area contributed by atoms with Gasteiger partial charge in [-0.05, 0) is 26.8 Å². The highest BCUT2D eigenvalue weighted by atomic mass is 16.5. The summed E-state index contributed by atoms with van der Waals surface area (Å²) < 4.78 is 10.3. The minimum atomic E-state index is -0.324. The van der Waals surface area contributed by atoms with Crippen molar-refractivity contribution in [3.05, 3.63) is 18.3 Å². The molecule has 0 fully saturated rings. The summed E-state index contributed by atoms with van der Waals surface area (Å²) in [6.07, 6.45) is 1.54. The maximum Gasteiger partial charge on any atom is 0.250 e. The first-order valence-electron chi connectivity index (χ1n) is 5.34. The Morgan fingerprint density at radius 1 is 1.41 bits per heavy atom. The van der Waals surface area contributed by atoms with Crippen LogP contribution < -0.4 is 10.1 Å². The van der Waals surface area contributed by atoms with Crippen LogP contribution in [0.5, 0.6) is 5.88 Å². The lowest BCUT2D eigenvalue weighted by Crippen LogP contribution is -2.27. The smallest absolute Gasteiger partial charge is 0.250 e. The van der Waals surface area contributed by atoms with Gasteiger partial charge in [0.15, 0.2) is 0 Å². The van der Waals surface area contributed by atoms with Crippen molar-refractivity contribution in [1.82, 2.24) is 4.98 Å². The molecule has 0 spiro atoms. The molecule has 0 aliphatic heterocycles. The van der Waals surface area contributed by atoms with Crippen LogP contribution in [0.3, 0.4) is 0 Å². The van der Waals surface area contributed by atoms with Gasteiger partial charge in [-0.2, -0.15) is 0 Å². The second kappa shape index (κ2) is 5.63. The molecule has 1 aromatic heterocycles. The Morgan fingerprint density at radius 3 is 2.59 bits per heavy atom. The molecule has 94 valence electrons. The predicted molar refractivity (Wildman–Crippen MR) is 65.1 cm³/mol. The number of nitrogens with zero attached hydrogens (tertiary/aromatic N) is 1. The molecule has 5 heteroatoms. The minimum Gasteiger partial charge on any atom is -0.481 e. The SMILES string of the molecule is COc1ccc(NC(=O)COC(C)(C)C)cn1. The van der Waals surface area contributed by atoms with Crippen LogP contribution in [-0.4, -0.2) is 30.2 Å². The van der Waals surface area contributed by atoms with Gasteiger partial charge in [0.2, 0.25) is 11.8 Å². The molecule has 0 unspecified atom stereocenters. The van der Waals surface area contributed by atoms with Gasteiger partial charge in [-0.15, -0.1) is 0 Å². The van der Waals surface area contributed by atoms with E-state index < -0.39 is 0 Å². The number of hydrogen-bond acceptors (Lipinski definition) is 4. The normalized spacial score (nSPS) is 11.1. The number of carbonyl (C=O) groups excluding carboxylic acids is 1. The zero-order valence-electron chi connectivity index (χ0n) is 10.6. The van der Waals surface area contributed by atoms with Crippen LogP contribution in [0, 0.1) is 0 Å². The molecule has 0 aliphatic carbocycles. The van der Waals surface area contributed by atoms with Crippen molar-refractivity contribution in [2.45, 2.75) is 26.4 Å². The highest BCUT2D eigenvalue weighted by Crippen LogP contribution is 2.11. The van der Waals surface area contributed by atoms with E-state index in [1.165, 1.54) is 13.3 Å². The maximum atomic E-state index is 11.5. The summed E-state index contributed by atoms with van der Waals surface area (Å²) in [4.78, 5) is 15.5. The monoisotopic (exact) mass is 238 g/mol. The van der Waals surface area contributed by atoms with E-state index in [9.17, 15) is 4.79 Å². The highest BCUT2D eigenvalue weighted by molar-refractivity contribution is 5.91. The molecule has 0 atom stereocenters. The summed E-state index contributed by atoms with van der Waals surface area (Å²) in [5, 5.41) is 2.68. The Labute approximate surface area is 101 Å². The van der Waals surface area contributed by atoms with Crippen LogP contribution >= 0.6 is 0 Å². The van der Waals surface area contributed by atoms with Crippen LogP contribution in [0.1, 0.15) is 20.8 Å². The van der Waals surface area contributed by atoms with E-state index in [1.807, 2.05) is 20.8 Å². The Bertz CT molecular complexity index is 368. The van der Waals surface area contributed by atoms with Crippen molar-refractivity contribution < 1.29 is 14.3 Å². The molecule has 0 radical (unpaired) electrons. The van der Waals surface area contributed by atoms with Crippen LogP contribution in [0.4, 0.5) is 5.69 Å². The van der Waals surface area contributed by atoms with E-state index in [0.29, 0.717) is 11.6 Å². The van der Waals surface area contributed by atoms with Crippen LogP contribution in [0.15, 0.2) is 18.3 Å². The Balaban J connectivity index is 2.45. The van der Waals surface area contributed by atoms with Gasteiger partial charge in [-0.1, -0.05) is 0 Å². The summed E-state index contributed by atoms with van der Waals surface area (Å²) in [6, 6.07) is 3.40. The quantitative estimate of drug-likeness (QED) is 0.869. The minimum absolute atomic E-state index is 0.0233. The molecule has 0 saturated heterocycles. The second-order valence-electron chi connectivity index (χ2n) is 4.54. The fourth-order valence-corrected chi connectivity index (χ4v) is 1.05. The molecule has 1 N–H and O–H groups in total. The average molecular weight is 238 g/mol. The Hall–Kier alpha value is -1.62. The topological polar surface area (TPSA) is 60.5 Å². The van der Waals surface area contributed by atoms with Gasteiger partial charge >= 0.3 is 0 Å². The number of ether oxygens (including phenoxy) is 2. The molecule has 1 rings (SSSR count). The lowest BCUT2D eigenvalue weighted by molar-refractivity contribution is -0.125. The van der Waals surface area contributed by atoms with E-state index >= 15 is 0 Å². The standard InChI is InChI=1S/C12H18N2O3/c1-12(2,3)17-8-10(15)14-9-5-6-11(16-4)13-7-9/h5-7H,8H2,1-4H3,(H,14,15). The van der Waals surface area contributed by atoms with Gasteiger partial charge in [-0.25, -0.2) is 4.98 Å². The van der Waals surface area contributed by atoms with Gasteiger partial charge in [0.05, 0.1) is 24.6 Å². The summed E-state index contributed by atoms with van der Waals surface area (Å²) >= 11 is 0. The number of methoxy groups -OCH3 is 1. The second-order valence-corrected chi connectivity index (χ2v) is 4.54. The fraction of sp³-hybridized carbons (Fsp3) is 0.500. The molecule has 1 amide bonds. The number of amides is 1. The van der Waals surface area contributed by atoms with Crippen molar-refractivity contribution in [3.8, 4) is 5.88 Å². The molecular formula is C12H18N2O3. The lowest BCUT2D eigenvalue weighted by Gasteiger charge is -2.18. The first-order chi connectivity index (χ1) is 7.90. The van der Waals surface area contributed by atoms with Crippen molar-refractivity contribution in [2.24, 2.45) is 0 Å². The summed E-state index contributed by atoms with van der Waals surface area (Å²) in [5.41, 5.74) is 0.295. The third kappa shape index (κ3) is 5.31. The molecule has 0 saturated carbocycles. The van der Waals surface area contributed by atoms with Crippen molar-refractivity contribution in [2.75, 3.05) is 19.0 Å². The van der Waals surface area contributed by atoms with Gasteiger partial charge in [0.25, 0.3) is 0 Å². The molecule has 0 bridgehead atoms. The zero-order chi connectivity index (χ0) is 12.9. The fourth-order valence-electron chi connectivity index (χ4n) is 1.05. The number of rotatable bonds is 4. The zero-order valence-corrected chi connectivity index (χ0v) is 10.6.